The van der Waals surface area contributed by atoms with E-state index in [4.69, 9.17) is 9.47 Å². The summed E-state index contributed by atoms with van der Waals surface area (Å²) >= 11 is 0. The number of hydrogen-bond donors (Lipinski definition) is 1. The minimum Gasteiger partial charge on any atom is -0.508 e. The maximum Gasteiger partial charge on any atom is 0.252 e. The average Bonchev–Trinajstić information content (AvgIpc) is 2.55. The summed E-state index contributed by atoms with van der Waals surface area (Å²) < 4.78 is 13.1. The quantitative estimate of drug-likeness (QED) is 0.679. The SMILES string of the molecule is Cc1cc2c(cc1O)C(C)(C)CC1(CC(C)(C)c3cc(C=O)c(C)cc3O1)O2. The predicted octanol–water partition coefficient (Wildman–Crippen LogP) is 5.34. The lowest BCUT2D eigenvalue weighted by atomic mass is 9.69. The predicted molar refractivity (Wildman–Crippen MR) is 109 cm³/mol. The van der Waals surface area contributed by atoms with Gasteiger partial charge in [-0.3, -0.25) is 4.79 Å². The lowest BCUT2D eigenvalue weighted by molar-refractivity contribution is -0.166. The van der Waals surface area contributed by atoms with Crippen LogP contribution in [0.2, 0.25) is 0 Å². The zero-order valence-corrected chi connectivity index (χ0v) is 17.5. The van der Waals surface area contributed by atoms with Crippen LogP contribution in [0.3, 0.4) is 0 Å². The second kappa shape index (κ2) is 5.76. The molecule has 2 heterocycles. The topological polar surface area (TPSA) is 55.8 Å². The number of aldehydes is 1. The van der Waals surface area contributed by atoms with E-state index in [2.05, 4.69) is 27.7 Å². The Morgan fingerprint density at radius 2 is 1.36 bits per heavy atom. The minimum absolute atomic E-state index is 0.210. The number of benzene rings is 2. The molecule has 2 aliphatic heterocycles. The number of ether oxygens (including phenoxy) is 2. The van der Waals surface area contributed by atoms with Gasteiger partial charge < -0.3 is 14.6 Å². The number of aryl methyl sites for hydroxylation is 2. The Labute approximate surface area is 166 Å². The molecule has 148 valence electrons. The van der Waals surface area contributed by atoms with Gasteiger partial charge in [0.2, 0.25) is 0 Å². The van der Waals surface area contributed by atoms with Crippen LogP contribution >= 0.6 is 0 Å². The van der Waals surface area contributed by atoms with Crippen molar-refractivity contribution >= 4 is 6.29 Å². The van der Waals surface area contributed by atoms with E-state index in [-0.39, 0.29) is 10.8 Å². The van der Waals surface area contributed by atoms with Gasteiger partial charge in [0.05, 0.1) is 0 Å². The summed E-state index contributed by atoms with van der Waals surface area (Å²) in [4.78, 5) is 11.4. The number of aromatic hydroxyl groups is 1. The highest BCUT2D eigenvalue weighted by atomic mass is 16.7. The fraction of sp³-hybridized carbons (Fsp3) is 0.458. The Balaban J connectivity index is 1.84. The summed E-state index contributed by atoms with van der Waals surface area (Å²) in [6.45, 7) is 12.5. The minimum atomic E-state index is -0.786. The Morgan fingerprint density at radius 1 is 0.857 bits per heavy atom. The van der Waals surface area contributed by atoms with E-state index in [0.29, 0.717) is 24.2 Å². The number of carbonyl (C=O) groups is 1. The van der Waals surface area contributed by atoms with Crippen LogP contribution in [0.4, 0.5) is 0 Å². The summed E-state index contributed by atoms with van der Waals surface area (Å²) in [5, 5.41) is 10.2. The van der Waals surface area contributed by atoms with Crippen molar-refractivity contribution in [1.82, 2.24) is 0 Å². The van der Waals surface area contributed by atoms with Gasteiger partial charge in [-0.2, -0.15) is 0 Å². The van der Waals surface area contributed by atoms with Crippen LogP contribution in [0, 0.1) is 13.8 Å². The second-order valence-electron chi connectivity index (χ2n) is 9.69. The number of hydrogen-bond acceptors (Lipinski definition) is 4. The molecule has 0 bridgehead atoms. The van der Waals surface area contributed by atoms with Crippen LogP contribution in [0.5, 0.6) is 17.2 Å². The Kier molecular flexibility index (Phi) is 3.88. The van der Waals surface area contributed by atoms with Crippen molar-refractivity contribution in [3.8, 4) is 17.2 Å². The Morgan fingerprint density at radius 3 is 1.89 bits per heavy atom. The van der Waals surface area contributed by atoms with Gasteiger partial charge in [0.25, 0.3) is 5.79 Å². The third-order valence-corrected chi connectivity index (χ3v) is 6.27. The molecule has 0 radical (unpaired) electrons. The highest BCUT2D eigenvalue weighted by Crippen LogP contribution is 2.54. The fourth-order valence-corrected chi connectivity index (χ4v) is 4.89. The molecule has 4 heteroatoms. The Bertz CT molecular complexity index is 987. The normalized spacial score (nSPS) is 23.9. The van der Waals surface area contributed by atoms with E-state index < -0.39 is 5.79 Å². The summed E-state index contributed by atoms with van der Waals surface area (Å²) in [7, 11) is 0. The van der Waals surface area contributed by atoms with E-state index >= 15 is 0 Å². The molecule has 2 aliphatic rings. The van der Waals surface area contributed by atoms with E-state index in [1.54, 1.807) is 0 Å². The van der Waals surface area contributed by atoms with Crippen LogP contribution < -0.4 is 9.47 Å². The van der Waals surface area contributed by atoms with Gasteiger partial charge in [0.15, 0.2) is 0 Å². The molecule has 1 spiro atoms. The molecule has 0 aliphatic carbocycles. The van der Waals surface area contributed by atoms with Crippen molar-refractivity contribution in [1.29, 1.82) is 0 Å². The van der Waals surface area contributed by atoms with Crippen LogP contribution in [-0.2, 0) is 10.8 Å². The summed E-state index contributed by atoms with van der Waals surface area (Å²) in [6.07, 6.45) is 2.26. The zero-order valence-electron chi connectivity index (χ0n) is 17.5. The van der Waals surface area contributed by atoms with E-state index in [1.807, 2.05) is 38.1 Å². The first-order valence-corrected chi connectivity index (χ1v) is 9.79. The van der Waals surface area contributed by atoms with Gasteiger partial charge >= 0.3 is 0 Å². The van der Waals surface area contributed by atoms with Crippen LogP contribution in [0.25, 0.3) is 0 Å². The number of phenolic OH excluding ortho intramolecular Hbond substituents is 1. The molecule has 1 unspecified atom stereocenters. The largest absolute Gasteiger partial charge is 0.508 e. The molecule has 28 heavy (non-hydrogen) atoms. The van der Waals surface area contributed by atoms with E-state index in [9.17, 15) is 9.90 Å². The monoisotopic (exact) mass is 380 g/mol. The summed E-state index contributed by atoms with van der Waals surface area (Å²) in [5.41, 5.74) is 4.00. The number of carbonyl (C=O) groups excluding carboxylic acids is 1. The van der Waals surface area contributed by atoms with Gasteiger partial charge in [-0.15, -0.1) is 0 Å². The Hall–Kier alpha value is -2.49. The number of phenols is 1. The third-order valence-electron chi connectivity index (χ3n) is 6.27. The summed E-state index contributed by atoms with van der Waals surface area (Å²) in [5.74, 6) is 1.06. The molecule has 0 aromatic heterocycles. The van der Waals surface area contributed by atoms with Crippen molar-refractivity contribution in [3.63, 3.8) is 0 Å². The maximum absolute atomic E-state index is 11.4. The van der Waals surface area contributed by atoms with E-state index in [1.165, 1.54) is 0 Å². The highest BCUT2D eigenvalue weighted by Gasteiger charge is 2.53. The first-order valence-electron chi connectivity index (χ1n) is 9.79. The molecule has 4 nitrogen and oxygen atoms in total. The van der Waals surface area contributed by atoms with E-state index in [0.717, 1.165) is 40.0 Å². The molecule has 0 saturated carbocycles. The van der Waals surface area contributed by atoms with Gasteiger partial charge in [0, 0.05) is 40.4 Å². The first kappa shape index (κ1) is 18.9. The van der Waals surface area contributed by atoms with Crippen molar-refractivity contribution in [3.05, 3.63) is 52.1 Å². The molecule has 0 amide bonds. The first-order chi connectivity index (χ1) is 13.0. The lowest BCUT2D eigenvalue weighted by Crippen LogP contribution is -2.55. The molecule has 1 N–H and O–H groups in total. The molecular weight excluding hydrogens is 352 g/mol. The zero-order chi connectivity index (χ0) is 20.5. The number of rotatable bonds is 1. The smallest absolute Gasteiger partial charge is 0.252 e. The lowest BCUT2D eigenvalue weighted by Gasteiger charge is -2.51. The molecule has 4 rings (SSSR count). The molecule has 2 aromatic carbocycles. The van der Waals surface area contributed by atoms with Crippen molar-refractivity contribution in [2.24, 2.45) is 0 Å². The standard InChI is InChI=1S/C24H28O4/c1-14-7-20-17(9-16(14)11-25)22(3,4)12-24(27-20)13-23(5,6)18-10-19(26)15(2)8-21(18)28-24/h7-11,26H,12-13H2,1-6H3. The average molecular weight is 380 g/mol. The van der Waals surface area contributed by atoms with Crippen molar-refractivity contribution < 1.29 is 19.4 Å². The van der Waals surface area contributed by atoms with Crippen molar-refractivity contribution in [2.75, 3.05) is 0 Å². The van der Waals surface area contributed by atoms with Gasteiger partial charge in [-0.25, -0.2) is 0 Å². The van der Waals surface area contributed by atoms with Crippen LogP contribution in [0.15, 0.2) is 24.3 Å². The molecule has 0 fully saturated rings. The second-order valence-corrected chi connectivity index (χ2v) is 9.69. The summed E-state index contributed by atoms with van der Waals surface area (Å²) in [6, 6.07) is 7.63. The van der Waals surface area contributed by atoms with Gasteiger partial charge in [-0.1, -0.05) is 27.7 Å². The van der Waals surface area contributed by atoms with Crippen LogP contribution in [0.1, 0.15) is 73.1 Å². The number of fused-ring (bicyclic) bond motifs is 2. The van der Waals surface area contributed by atoms with Crippen LogP contribution in [-0.4, -0.2) is 17.2 Å². The molecule has 1 atom stereocenters. The maximum atomic E-state index is 11.4. The van der Waals surface area contributed by atoms with Gasteiger partial charge in [-0.05, 0) is 49.2 Å². The molecule has 0 saturated heterocycles. The van der Waals surface area contributed by atoms with Gasteiger partial charge in [0.1, 0.15) is 23.5 Å². The van der Waals surface area contributed by atoms with Crippen molar-refractivity contribution in [2.45, 2.75) is 71.0 Å². The highest BCUT2D eigenvalue weighted by molar-refractivity contribution is 5.78. The molecular formula is C24H28O4. The third kappa shape index (κ3) is 2.78. The fourth-order valence-electron chi connectivity index (χ4n) is 4.89. The molecule has 2 aromatic rings.